The summed E-state index contributed by atoms with van der Waals surface area (Å²) in [7, 11) is 0. The maximum Gasteiger partial charge on any atom is 0.367 e. The number of hydroxylamine groups is 4. The van der Waals surface area contributed by atoms with E-state index in [9.17, 15) is 4.79 Å². The molecule has 1 aliphatic rings. The van der Waals surface area contributed by atoms with Gasteiger partial charge in [0, 0.05) is 13.1 Å². The molecule has 1 amide bonds. The lowest BCUT2D eigenvalue weighted by Crippen LogP contribution is -2.36. The van der Waals surface area contributed by atoms with Crippen LogP contribution < -0.4 is 0 Å². The Bertz CT molecular complexity index is 125. The molecular weight excluding hydrogens is 148 g/mol. The molecule has 0 aromatic carbocycles. The zero-order valence-corrected chi connectivity index (χ0v) is 6.19. The van der Waals surface area contributed by atoms with Crippen LogP contribution in [0.15, 0.2) is 0 Å². The van der Waals surface area contributed by atoms with Crippen molar-refractivity contribution in [3.05, 3.63) is 0 Å². The van der Waals surface area contributed by atoms with Crippen LogP contribution in [-0.2, 0) is 9.73 Å². The van der Waals surface area contributed by atoms with Crippen molar-refractivity contribution >= 4 is 6.41 Å². The highest BCUT2D eigenvalue weighted by molar-refractivity contribution is 5.43. The van der Waals surface area contributed by atoms with Crippen LogP contribution in [0.25, 0.3) is 0 Å². The highest BCUT2D eigenvalue weighted by Gasteiger charge is 2.13. The van der Waals surface area contributed by atoms with E-state index in [1.54, 1.807) is 0 Å². The van der Waals surface area contributed by atoms with Gasteiger partial charge in [-0.05, 0) is 12.8 Å². The maximum absolute atomic E-state index is 9.78. The third-order valence-corrected chi connectivity index (χ3v) is 1.59. The summed E-state index contributed by atoms with van der Waals surface area (Å²) in [5, 5.41) is 10.2. The van der Waals surface area contributed by atoms with E-state index in [0.29, 0.717) is 0 Å². The third-order valence-electron chi connectivity index (χ3n) is 1.59. The second-order valence-corrected chi connectivity index (χ2v) is 2.44. The molecule has 0 unspecified atom stereocenters. The lowest BCUT2D eigenvalue weighted by Gasteiger charge is -2.25. The molecule has 0 aliphatic carbocycles. The first-order valence-corrected chi connectivity index (χ1v) is 3.63. The van der Waals surface area contributed by atoms with Gasteiger partial charge in [0.15, 0.2) is 0 Å². The summed E-state index contributed by atoms with van der Waals surface area (Å²) in [6.45, 7) is 1.50. The standard InChI is InChI=1S/C6H11N2O3/c9-6-8(10)11-7-4-2-1-3-5-7/h10H,1-5H2. The summed E-state index contributed by atoms with van der Waals surface area (Å²) in [6.07, 6.45) is 4.43. The summed E-state index contributed by atoms with van der Waals surface area (Å²) in [5.41, 5.74) is 0. The topological polar surface area (TPSA) is 53.0 Å². The number of hydrogen-bond acceptors (Lipinski definition) is 4. The Hall–Kier alpha value is -0.650. The van der Waals surface area contributed by atoms with Gasteiger partial charge in [-0.15, -0.1) is 0 Å². The molecule has 0 aromatic rings. The van der Waals surface area contributed by atoms with Crippen LogP contribution in [0, 0.1) is 0 Å². The van der Waals surface area contributed by atoms with Crippen LogP contribution in [-0.4, -0.2) is 35.0 Å². The van der Waals surface area contributed by atoms with Gasteiger partial charge in [-0.2, -0.15) is 10.0 Å². The molecule has 1 rings (SSSR count). The van der Waals surface area contributed by atoms with E-state index in [1.165, 1.54) is 17.9 Å². The fourth-order valence-corrected chi connectivity index (χ4v) is 1.07. The van der Waals surface area contributed by atoms with Crippen LogP contribution >= 0.6 is 0 Å². The molecule has 63 valence electrons. The molecule has 1 radical (unpaired) electrons. The van der Waals surface area contributed by atoms with Crippen LogP contribution in [0.2, 0.25) is 0 Å². The summed E-state index contributed by atoms with van der Waals surface area (Å²) in [5.74, 6) is 0. The largest absolute Gasteiger partial charge is 0.367 e. The summed E-state index contributed by atoms with van der Waals surface area (Å²) in [6, 6.07) is 0. The van der Waals surface area contributed by atoms with Crippen molar-refractivity contribution in [2.45, 2.75) is 19.3 Å². The Labute approximate surface area is 65.0 Å². The smallest absolute Gasteiger partial charge is 0.259 e. The molecule has 1 N–H and O–H groups in total. The molecule has 0 saturated carbocycles. The minimum Gasteiger partial charge on any atom is -0.259 e. The number of hydrogen-bond donors (Lipinski definition) is 1. The Morgan fingerprint density at radius 2 is 2.00 bits per heavy atom. The molecule has 1 aliphatic heterocycles. The number of amides is 1. The van der Waals surface area contributed by atoms with Gasteiger partial charge >= 0.3 is 6.41 Å². The van der Waals surface area contributed by atoms with E-state index in [-0.39, 0.29) is 5.23 Å². The number of rotatable bonds is 3. The number of nitrogens with zero attached hydrogens (tertiary/aromatic N) is 2. The average Bonchev–Trinajstić information content (AvgIpc) is 2.06. The highest BCUT2D eigenvalue weighted by atomic mass is 17.0. The van der Waals surface area contributed by atoms with Crippen LogP contribution in [0.3, 0.4) is 0 Å². The van der Waals surface area contributed by atoms with Crippen molar-refractivity contribution in [1.82, 2.24) is 10.3 Å². The first-order valence-electron chi connectivity index (χ1n) is 3.63. The molecule has 0 atom stereocenters. The Morgan fingerprint density at radius 1 is 1.36 bits per heavy atom. The number of carbonyl (C=O) groups excluding carboxylic acids is 1. The van der Waals surface area contributed by atoms with Gasteiger partial charge in [0.25, 0.3) is 0 Å². The van der Waals surface area contributed by atoms with E-state index in [2.05, 4.69) is 4.94 Å². The van der Waals surface area contributed by atoms with Gasteiger partial charge in [0.2, 0.25) is 0 Å². The van der Waals surface area contributed by atoms with Crippen molar-refractivity contribution in [3.63, 3.8) is 0 Å². The molecule has 1 saturated heterocycles. The lowest BCUT2D eigenvalue weighted by atomic mass is 10.2. The van der Waals surface area contributed by atoms with E-state index in [1.807, 2.05) is 0 Å². The molecule has 5 heteroatoms. The predicted octanol–water partition coefficient (Wildman–Crippen LogP) is 0.0773. The fourth-order valence-electron chi connectivity index (χ4n) is 1.07. The summed E-state index contributed by atoms with van der Waals surface area (Å²) in [4.78, 5) is 14.4. The normalized spacial score (nSPS) is 19.7. The quantitative estimate of drug-likeness (QED) is 0.360. The Balaban J connectivity index is 2.18. The van der Waals surface area contributed by atoms with Gasteiger partial charge in [-0.25, -0.2) is 0 Å². The highest BCUT2D eigenvalue weighted by Crippen LogP contribution is 2.08. The fraction of sp³-hybridized carbons (Fsp3) is 0.833. The Morgan fingerprint density at radius 3 is 2.55 bits per heavy atom. The van der Waals surface area contributed by atoms with E-state index >= 15 is 0 Å². The summed E-state index contributed by atoms with van der Waals surface area (Å²) < 4.78 is 0. The minimum absolute atomic E-state index is 0.0608. The molecule has 1 heterocycles. The van der Waals surface area contributed by atoms with Gasteiger partial charge < -0.3 is 0 Å². The lowest BCUT2D eigenvalue weighted by molar-refractivity contribution is -0.400. The molecule has 0 aromatic heterocycles. The van der Waals surface area contributed by atoms with E-state index in [0.717, 1.165) is 25.9 Å². The third kappa shape index (κ3) is 2.83. The van der Waals surface area contributed by atoms with Crippen molar-refractivity contribution < 1.29 is 14.9 Å². The van der Waals surface area contributed by atoms with Crippen molar-refractivity contribution in [3.8, 4) is 0 Å². The molecule has 0 spiro atoms. The van der Waals surface area contributed by atoms with Crippen molar-refractivity contribution in [2.75, 3.05) is 13.1 Å². The van der Waals surface area contributed by atoms with Crippen LogP contribution in [0.1, 0.15) is 19.3 Å². The van der Waals surface area contributed by atoms with Gasteiger partial charge in [0.05, 0.1) is 0 Å². The Kier molecular flexibility index (Phi) is 3.28. The first-order chi connectivity index (χ1) is 5.33. The second kappa shape index (κ2) is 4.27. The van der Waals surface area contributed by atoms with E-state index in [4.69, 9.17) is 5.21 Å². The van der Waals surface area contributed by atoms with Crippen LogP contribution in [0.4, 0.5) is 0 Å². The first kappa shape index (κ1) is 8.45. The van der Waals surface area contributed by atoms with Gasteiger partial charge in [-0.1, -0.05) is 11.6 Å². The zero-order valence-electron chi connectivity index (χ0n) is 6.19. The predicted molar refractivity (Wildman–Crippen MR) is 35.8 cm³/mol. The molecule has 1 fully saturated rings. The van der Waals surface area contributed by atoms with Gasteiger partial charge in [-0.3, -0.25) is 10.0 Å². The zero-order chi connectivity index (χ0) is 8.10. The van der Waals surface area contributed by atoms with Crippen LogP contribution in [0.5, 0.6) is 0 Å². The minimum atomic E-state index is 0.0608. The van der Waals surface area contributed by atoms with E-state index < -0.39 is 0 Å². The second-order valence-electron chi connectivity index (χ2n) is 2.44. The maximum atomic E-state index is 9.78. The molecule has 11 heavy (non-hydrogen) atoms. The van der Waals surface area contributed by atoms with Crippen molar-refractivity contribution in [1.29, 1.82) is 0 Å². The summed E-state index contributed by atoms with van der Waals surface area (Å²) >= 11 is 0. The molecule has 0 bridgehead atoms. The number of piperidine rings is 1. The van der Waals surface area contributed by atoms with Gasteiger partial charge in [0.1, 0.15) is 0 Å². The average molecular weight is 159 g/mol. The monoisotopic (exact) mass is 159 g/mol. The SMILES string of the molecule is O=[C]N(O)ON1CCCCC1. The van der Waals surface area contributed by atoms with Crippen molar-refractivity contribution in [2.24, 2.45) is 0 Å². The molecular formula is C6H11N2O3. The molecule has 5 nitrogen and oxygen atoms in total.